The zero-order valence-electron chi connectivity index (χ0n) is 18.7. The van der Waals surface area contributed by atoms with Gasteiger partial charge in [-0.3, -0.25) is 9.59 Å². The Balaban J connectivity index is 0.00000306. The van der Waals surface area contributed by atoms with Crippen molar-refractivity contribution < 1.29 is 9.59 Å². The van der Waals surface area contributed by atoms with Crippen molar-refractivity contribution in [2.75, 3.05) is 11.9 Å². The number of halogens is 1. The van der Waals surface area contributed by atoms with E-state index in [9.17, 15) is 9.59 Å². The lowest BCUT2D eigenvalue weighted by Crippen LogP contribution is -2.44. The van der Waals surface area contributed by atoms with Crippen LogP contribution in [0.25, 0.3) is 11.1 Å². The third-order valence-corrected chi connectivity index (χ3v) is 6.30. The van der Waals surface area contributed by atoms with Crippen LogP contribution in [0.15, 0.2) is 78.9 Å². The van der Waals surface area contributed by atoms with Crippen molar-refractivity contribution in [1.82, 2.24) is 5.32 Å². The Labute approximate surface area is 201 Å². The molecule has 4 rings (SSSR count). The van der Waals surface area contributed by atoms with E-state index in [1.165, 1.54) is 0 Å². The molecule has 1 heterocycles. The number of rotatable bonds is 7. The van der Waals surface area contributed by atoms with Gasteiger partial charge in [-0.2, -0.15) is 0 Å². The van der Waals surface area contributed by atoms with Gasteiger partial charge < -0.3 is 16.0 Å². The van der Waals surface area contributed by atoms with Gasteiger partial charge in [0.2, 0.25) is 11.8 Å². The SMILES string of the molecule is CN[C@@H](CC1CCc2ccccc2N(Cc2ccccc2-c2ccccc2)C1=O)C(N)=O.Cl. The van der Waals surface area contributed by atoms with Gasteiger partial charge in [-0.25, -0.2) is 0 Å². The first-order chi connectivity index (χ1) is 15.6. The Morgan fingerprint density at radius 1 is 1.03 bits per heavy atom. The third kappa shape index (κ3) is 5.44. The first-order valence-electron chi connectivity index (χ1n) is 11.1. The number of benzene rings is 3. The molecule has 3 aromatic rings. The number of fused-ring (bicyclic) bond motifs is 1. The van der Waals surface area contributed by atoms with Crippen LogP contribution in [0.4, 0.5) is 5.69 Å². The standard InChI is InChI=1S/C27H29N3O2.ClH/c1-29-24(26(28)31)17-21-16-15-20-11-6-8-14-25(20)30(27(21)32)18-22-12-5-7-13-23(22)19-9-3-2-4-10-19;/h2-14,21,24,29H,15-18H2,1H3,(H2,28,31);1H/t21?,24-;/m0./s1. The van der Waals surface area contributed by atoms with Crippen LogP contribution in [0, 0.1) is 5.92 Å². The quantitative estimate of drug-likeness (QED) is 0.547. The molecule has 0 aromatic heterocycles. The molecular formula is C27H30ClN3O2. The smallest absolute Gasteiger partial charge is 0.234 e. The molecule has 1 aliphatic heterocycles. The molecule has 0 radical (unpaired) electrons. The maximum Gasteiger partial charge on any atom is 0.234 e. The first-order valence-corrected chi connectivity index (χ1v) is 11.1. The molecule has 2 atom stereocenters. The average Bonchev–Trinajstić information content (AvgIpc) is 2.95. The summed E-state index contributed by atoms with van der Waals surface area (Å²) in [7, 11) is 1.71. The second-order valence-corrected chi connectivity index (χ2v) is 8.29. The number of aryl methyl sites for hydroxylation is 1. The topological polar surface area (TPSA) is 75.4 Å². The molecular weight excluding hydrogens is 434 g/mol. The number of hydrogen-bond donors (Lipinski definition) is 2. The number of primary amides is 1. The third-order valence-electron chi connectivity index (χ3n) is 6.30. The summed E-state index contributed by atoms with van der Waals surface area (Å²) in [4.78, 5) is 27.5. The summed E-state index contributed by atoms with van der Waals surface area (Å²) in [6.07, 6.45) is 1.88. The summed E-state index contributed by atoms with van der Waals surface area (Å²) in [5.74, 6) is -0.668. The van der Waals surface area contributed by atoms with Crippen LogP contribution in [-0.2, 0) is 22.6 Å². The minimum atomic E-state index is -0.524. The molecule has 0 fully saturated rings. The van der Waals surface area contributed by atoms with E-state index >= 15 is 0 Å². The number of carbonyl (C=O) groups excluding carboxylic acids is 2. The molecule has 0 saturated carbocycles. The minimum absolute atomic E-state index is 0. The van der Waals surface area contributed by atoms with Crippen molar-refractivity contribution in [2.24, 2.45) is 11.7 Å². The van der Waals surface area contributed by atoms with Crippen LogP contribution in [0.3, 0.4) is 0 Å². The molecule has 1 aliphatic rings. The van der Waals surface area contributed by atoms with Gasteiger partial charge in [-0.05, 0) is 54.6 Å². The van der Waals surface area contributed by atoms with Crippen LogP contribution >= 0.6 is 12.4 Å². The Morgan fingerprint density at radius 3 is 2.42 bits per heavy atom. The average molecular weight is 464 g/mol. The van der Waals surface area contributed by atoms with Gasteiger partial charge in [0.15, 0.2) is 0 Å². The van der Waals surface area contributed by atoms with E-state index in [0.29, 0.717) is 19.4 Å². The van der Waals surface area contributed by atoms with E-state index in [4.69, 9.17) is 5.73 Å². The molecule has 5 nitrogen and oxygen atoms in total. The number of para-hydroxylation sites is 1. The molecule has 2 amide bonds. The van der Waals surface area contributed by atoms with Gasteiger partial charge in [-0.15, -0.1) is 12.4 Å². The fourth-order valence-electron chi connectivity index (χ4n) is 4.55. The summed E-state index contributed by atoms with van der Waals surface area (Å²) < 4.78 is 0. The van der Waals surface area contributed by atoms with E-state index in [-0.39, 0.29) is 24.2 Å². The second kappa shape index (κ2) is 11.1. The van der Waals surface area contributed by atoms with Gasteiger partial charge >= 0.3 is 0 Å². The molecule has 6 heteroatoms. The Bertz CT molecular complexity index is 1100. The summed E-state index contributed by atoms with van der Waals surface area (Å²) >= 11 is 0. The number of nitrogens with zero attached hydrogens (tertiary/aromatic N) is 1. The van der Waals surface area contributed by atoms with Crippen molar-refractivity contribution in [2.45, 2.75) is 31.8 Å². The summed E-state index contributed by atoms with van der Waals surface area (Å²) in [5, 5.41) is 2.96. The molecule has 33 heavy (non-hydrogen) atoms. The van der Waals surface area contributed by atoms with Gasteiger partial charge in [-0.1, -0.05) is 72.8 Å². The molecule has 0 bridgehead atoms. The van der Waals surface area contributed by atoms with E-state index in [0.717, 1.165) is 34.4 Å². The molecule has 0 aliphatic carbocycles. The molecule has 0 saturated heterocycles. The van der Waals surface area contributed by atoms with Crippen LogP contribution in [0.2, 0.25) is 0 Å². The van der Waals surface area contributed by atoms with Crippen molar-refractivity contribution in [1.29, 1.82) is 0 Å². The monoisotopic (exact) mass is 463 g/mol. The maximum absolute atomic E-state index is 13.8. The lowest BCUT2D eigenvalue weighted by molar-refractivity contribution is -0.124. The molecule has 3 N–H and O–H groups in total. The molecule has 172 valence electrons. The van der Waals surface area contributed by atoms with Crippen LogP contribution in [-0.4, -0.2) is 24.9 Å². The van der Waals surface area contributed by atoms with Gasteiger partial charge in [0, 0.05) is 11.6 Å². The van der Waals surface area contributed by atoms with Crippen LogP contribution in [0.5, 0.6) is 0 Å². The van der Waals surface area contributed by atoms with Gasteiger partial charge in [0.05, 0.1) is 12.6 Å². The largest absolute Gasteiger partial charge is 0.368 e. The van der Waals surface area contributed by atoms with E-state index < -0.39 is 11.9 Å². The zero-order chi connectivity index (χ0) is 22.5. The van der Waals surface area contributed by atoms with Crippen LogP contribution < -0.4 is 16.0 Å². The minimum Gasteiger partial charge on any atom is -0.368 e. The van der Waals surface area contributed by atoms with Gasteiger partial charge in [0.1, 0.15) is 0 Å². The lowest BCUT2D eigenvalue weighted by atomic mass is 9.93. The fraction of sp³-hybridized carbons (Fsp3) is 0.259. The Morgan fingerprint density at radius 2 is 1.70 bits per heavy atom. The van der Waals surface area contributed by atoms with Crippen molar-refractivity contribution >= 4 is 29.9 Å². The number of hydrogen-bond acceptors (Lipinski definition) is 3. The normalized spacial score (nSPS) is 16.3. The van der Waals surface area contributed by atoms with E-state index in [1.54, 1.807) is 7.05 Å². The summed E-state index contributed by atoms with van der Waals surface area (Å²) in [5.41, 5.74) is 11.0. The fourth-order valence-corrected chi connectivity index (χ4v) is 4.55. The van der Waals surface area contributed by atoms with E-state index in [2.05, 4.69) is 35.6 Å². The predicted molar refractivity (Wildman–Crippen MR) is 135 cm³/mol. The highest BCUT2D eigenvalue weighted by Crippen LogP contribution is 2.34. The van der Waals surface area contributed by atoms with Crippen molar-refractivity contribution in [3.05, 3.63) is 90.0 Å². The van der Waals surface area contributed by atoms with Crippen molar-refractivity contribution in [3.63, 3.8) is 0 Å². The van der Waals surface area contributed by atoms with E-state index in [1.807, 2.05) is 53.4 Å². The Hall–Kier alpha value is -3.15. The number of nitrogens with one attached hydrogen (secondary N) is 1. The molecule has 3 aromatic carbocycles. The highest BCUT2D eigenvalue weighted by molar-refractivity contribution is 5.97. The van der Waals surface area contributed by atoms with Crippen molar-refractivity contribution in [3.8, 4) is 11.1 Å². The summed E-state index contributed by atoms with van der Waals surface area (Å²) in [6, 6.07) is 26.0. The number of nitrogens with two attached hydrogens (primary N) is 1. The first kappa shape index (κ1) is 24.5. The number of amides is 2. The molecule has 0 spiro atoms. The molecule has 1 unspecified atom stereocenters. The summed E-state index contributed by atoms with van der Waals surface area (Å²) in [6.45, 7) is 0.470. The van der Waals surface area contributed by atoms with Gasteiger partial charge in [0.25, 0.3) is 0 Å². The highest BCUT2D eigenvalue weighted by Gasteiger charge is 2.33. The Kier molecular flexibility index (Phi) is 8.26. The number of likely N-dealkylation sites (N-methyl/N-ethyl adjacent to an activating group) is 1. The zero-order valence-corrected chi connectivity index (χ0v) is 19.6. The second-order valence-electron chi connectivity index (χ2n) is 8.29. The lowest BCUT2D eigenvalue weighted by Gasteiger charge is -2.28. The number of carbonyl (C=O) groups is 2. The predicted octanol–water partition coefficient (Wildman–Crippen LogP) is 4.33. The highest BCUT2D eigenvalue weighted by atomic mass is 35.5. The number of anilines is 1. The maximum atomic E-state index is 13.8. The van der Waals surface area contributed by atoms with Crippen LogP contribution in [0.1, 0.15) is 24.0 Å².